The molecule has 0 aromatic heterocycles. The number of hydrogen-bond donors (Lipinski definition) is 1. The molecular weight excluding hydrogens is 240 g/mol. The lowest BCUT2D eigenvalue weighted by molar-refractivity contribution is 0.260. The quantitative estimate of drug-likeness (QED) is 0.882. The molecule has 0 saturated carbocycles. The van der Waals surface area contributed by atoms with Crippen molar-refractivity contribution in [2.24, 2.45) is 0 Å². The minimum atomic E-state index is -0.581. The molecule has 1 aliphatic heterocycles. The number of aliphatic hydroxyl groups is 1. The third kappa shape index (κ3) is 2.33. The summed E-state index contributed by atoms with van der Waals surface area (Å²) in [5.41, 5.74) is 1.95. The standard InChI is InChI=1S/C16H14O3/c1-18-14-7-3-11(4-8-14)15-9-5-12-2-6-13(17)10-16(12)19-15/h2-10,13,17H,1H3/t13-/m1/s1. The first-order valence-electron chi connectivity index (χ1n) is 6.09. The Morgan fingerprint density at radius 2 is 1.89 bits per heavy atom. The SMILES string of the molecule is COc1ccc(C2=CC=C3C=C[C@@H](O)C=C3O2)cc1. The Morgan fingerprint density at radius 1 is 1.11 bits per heavy atom. The van der Waals surface area contributed by atoms with Crippen molar-refractivity contribution in [3.05, 3.63) is 71.5 Å². The largest absolute Gasteiger partial charge is 0.497 e. The number of hydrogen-bond acceptors (Lipinski definition) is 3. The van der Waals surface area contributed by atoms with E-state index in [9.17, 15) is 5.11 Å². The highest BCUT2D eigenvalue weighted by atomic mass is 16.5. The molecule has 0 fully saturated rings. The highest BCUT2D eigenvalue weighted by Crippen LogP contribution is 2.31. The van der Waals surface area contributed by atoms with Gasteiger partial charge < -0.3 is 14.6 Å². The molecule has 3 nitrogen and oxygen atoms in total. The number of aliphatic hydroxyl groups excluding tert-OH is 1. The minimum Gasteiger partial charge on any atom is -0.497 e. The molecule has 1 aromatic carbocycles. The summed E-state index contributed by atoms with van der Waals surface area (Å²) in [5, 5.41) is 9.57. The molecule has 96 valence electrons. The van der Waals surface area contributed by atoms with Crippen molar-refractivity contribution < 1.29 is 14.6 Å². The lowest BCUT2D eigenvalue weighted by Gasteiger charge is -2.21. The number of rotatable bonds is 2. The van der Waals surface area contributed by atoms with Crippen molar-refractivity contribution in [2.75, 3.05) is 7.11 Å². The Labute approximate surface area is 111 Å². The monoisotopic (exact) mass is 254 g/mol. The van der Waals surface area contributed by atoms with Gasteiger partial charge in [0.25, 0.3) is 0 Å². The topological polar surface area (TPSA) is 38.7 Å². The van der Waals surface area contributed by atoms with E-state index in [1.54, 1.807) is 19.3 Å². The van der Waals surface area contributed by atoms with Gasteiger partial charge in [-0.25, -0.2) is 0 Å². The van der Waals surface area contributed by atoms with Crippen LogP contribution in [0, 0.1) is 0 Å². The van der Waals surface area contributed by atoms with Gasteiger partial charge in [-0.1, -0.05) is 12.2 Å². The number of methoxy groups -OCH3 is 1. The predicted molar refractivity (Wildman–Crippen MR) is 73.4 cm³/mol. The lowest BCUT2D eigenvalue weighted by Crippen LogP contribution is -2.09. The lowest BCUT2D eigenvalue weighted by atomic mass is 10.0. The Kier molecular flexibility index (Phi) is 2.97. The molecule has 1 heterocycles. The second-order valence-electron chi connectivity index (χ2n) is 4.36. The molecule has 1 aromatic rings. The third-order valence-electron chi connectivity index (χ3n) is 3.09. The summed E-state index contributed by atoms with van der Waals surface area (Å²) in [7, 11) is 1.64. The van der Waals surface area contributed by atoms with Gasteiger partial charge in [-0.2, -0.15) is 0 Å². The fourth-order valence-corrected chi connectivity index (χ4v) is 2.05. The number of fused-ring (bicyclic) bond motifs is 1. The van der Waals surface area contributed by atoms with E-state index in [4.69, 9.17) is 9.47 Å². The van der Waals surface area contributed by atoms with Crippen molar-refractivity contribution in [2.45, 2.75) is 6.10 Å². The number of ether oxygens (including phenoxy) is 2. The van der Waals surface area contributed by atoms with E-state index >= 15 is 0 Å². The minimum absolute atomic E-state index is 0.581. The number of benzene rings is 1. The third-order valence-corrected chi connectivity index (χ3v) is 3.09. The van der Waals surface area contributed by atoms with Crippen LogP contribution in [0.5, 0.6) is 5.75 Å². The first-order chi connectivity index (χ1) is 9.26. The van der Waals surface area contributed by atoms with Gasteiger partial charge in [-0.3, -0.25) is 0 Å². The number of allylic oxidation sites excluding steroid dienone is 3. The molecule has 0 saturated heterocycles. The molecule has 0 radical (unpaired) electrons. The van der Waals surface area contributed by atoms with E-state index in [2.05, 4.69) is 0 Å². The van der Waals surface area contributed by atoms with E-state index in [-0.39, 0.29) is 0 Å². The molecule has 2 aliphatic rings. The van der Waals surface area contributed by atoms with Crippen LogP contribution in [0.3, 0.4) is 0 Å². The van der Waals surface area contributed by atoms with Gasteiger partial charge in [0, 0.05) is 11.1 Å². The van der Waals surface area contributed by atoms with Crippen molar-refractivity contribution in [1.29, 1.82) is 0 Å². The zero-order valence-corrected chi connectivity index (χ0v) is 10.5. The van der Waals surface area contributed by atoms with E-state index in [1.807, 2.05) is 42.5 Å². The maximum atomic E-state index is 9.57. The van der Waals surface area contributed by atoms with E-state index in [0.717, 1.165) is 22.6 Å². The highest BCUT2D eigenvalue weighted by molar-refractivity contribution is 5.67. The highest BCUT2D eigenvalue weighted by Gasteiger charge is 2.17. The van der Waals surface area contributed by atoms with Gasteiger partial charge in [0.05, 0.1) is 13.2 Å². The predicted octanol–water partition coefficient (Wildman–Crippen LogP) is 2.81. The molecular formula is C16H14O3. The van der Waals surface area contributed by atoms with Crippen LogP contribution in [0.25, 0.3) is 5.76 Å². The summed E-state index contributed by atoms with van der Waals surface area (Å²) in [5.74, 6) is 2.27. The van der Waals surface area contributed by atoms with Crippen LogP contribution >= 0.6 is 0 Å². The molecule has 1 N–H and O–H groups in total. The Hall–Kier alpha value is -2.26. The molecule has 1 atom stereocenters. The zero-order valence-electron chi connectivity index (χ0n) is 10.5. The summed E-state index contributed by atoms with van der Waals surface area (Å²) in [6.07, 6.45) is 8.62. The Bertz CT molecular complexity index is 603. The van der Waals surface area contributed by atoms with Crippen molar-refractivity contribution in [3.63, 3.8) is 0 Å². The van der Waals surface area contributed by atoms with Crippen LogP contribution in [0.15, 0.2) is 66.0 Å². The van der Waals surface area contributed by atoms with E-state index in [0.29, 0.717) is 5.76 Å². The summed E-state index contributed by atoms with van der Waals surface area (Å²) in [4.78, 5) is 0. The van der Waals surface area contributed by atoms with Crippen LogP contribution in [0.4, 0.5) is 0 Å². The van der Waals surface area contributed by atoms with Gasteiger partial charge in [0.15, 0.2) is 0 Å². The summed E-state index contributed by atoms with van der Waals surface area (Å²) in [6.45, 7) is 0. The molecule has 3 heteroatoms. The average Bonchev–Trinajstić information content (AvgIpc) is 2.46. The first-order valence-corrected chi connectivity index (χ1v) is 6.09. The van der Waals surface area contributed by atoms with Crippen LogP contribution in [-0.4, -0.2) is 18.3 Å². The fraction of sp³-hybridized carbons (Fsp3) is 0.125. The van der Waals surface area contributed by atoms with Crippen LogP contribution in [0.2, 0.25) is 0 Å². The van der Waals surface area contributed by atoms with Crippen LogP contribution in [-0.2, 0) is 4.74 Å². The molecule has 0 bridgehead atoms. The molecule has 1 aliphatic carbocycles. The van der Waals surface area contributed by atoms with Gasteiger partial charge in [-0.15, -0.1) is 0 Å². The van der Waals surface area contributed by atoms with Gasteiger partial charge in [-0.05, 0) is 42.5 Å². The first kappa shape index (κ1) is 11.8. The molecule has 0 spiro atoms. The molecule has 0 amide bonds. The summed E-state index contributed by atoms with van der Waals surface area (Å²) in [6, 6.07) is 7.67. The van der Waals surface area contributed by atoms with Crippen LogP contribution in [0.1, 0.15) is 5.56 Å². The van der Waals surface area contributed by atoms with Crippen molar-refractivity contribution in [1.82, 2.24) is 0 Å². The molecule has 0 unspecified atom stereocenters. The molecule has 3 rings (SSSR count). The normalized spacial score (nSPS) is 20.7. The van der Waals surface area contributed by atoms with E-state index < -0.39 is 6.10 Å². The van der Waals surface area contributed by atoms with E-state index in [1.165, 1.54) is 0 Å². The van der Waals surface area contributed by atoms with Crippen LogP contribution < -0.4 is 4.74 Å². The average molecular weight is 254 g/mol. The van der Waals surface area contributed by atoms with Gasteiger partial charge >= 0.3 is 0 Å². The fourth-order valence-electron chi connectivity index (χ4n) is 2.05. The van der Waals surface area contributed by atoms with Gasteiger partial charge in [0.2, 0.25) is 0 Å². The summed E-state index contributed by atoms with van der Waals surface area (Å²) >= 11 is 0. The molecule has 19 heavy (non-hydrogen) atoms. The zero-order chi connectivity index (χ0) is 13.2. The second-order valence-corrected chi connectivity index (χ2v) is 4.36. The maximum Gasteiger partial charge on any atom is 0.134 e. The maximum absolute atomic E-state index is 9.57. The van der Waals surface area contributed by atoms with Gasteiger partial charge in [0.1, 0.15) is 17.3 Å². The Morgan fingerprint density at radius 3 is 2.63 bits per heavy atom. The Balaban J connectivity index is 1.90. The smallest absolute Gasteiger partial charge is 0.134 e. The summed E-state index contributed by atoms with van der Waals surface area (Å²) < 4.78 is 11.0. The van der Waals surface area contributed by atoms with Crippen molar-refractivity contribution in [3.8, 4) is 5.75 Å². The van der Waals surface area contributed by atoms with Crippen molar-refractivity contribution >= 4 is 5.76 Å². The second kappa shape index (κ2) is 4.78.